The first kappa shape index (κ1) is 20.1. The average molecular weight is 393 g/mol. The standard InChI is InChI=1S/C25H32N2O2/c1-25(2)12-10-23(22(24(25)28-3)17-27-14-13-26-18-27)29-15-11-19-8-9-20-6-4-5-7-21(20)16-19/h4-9,13-14,16,18,22-24H,10-12,15,17H2,1-3H3/t22-,23-,24-/m1/s1. The van der Waals surface area contributed by atoms with Crippen LogP contribution in [0.5, 0.6) is 0 Å². The highest BCUT2D eigenvalue weighted by Crippen LogP contribution is 2.42. The van der Waals surface area contributed by atoms with E-state index in [1.807, 2.05) is 25.8 Å². The summed E-state index contributed by atoms with van der Waals surface area (Å²) in [5.74, 6) is 0.314. The zero-order chi connectivity index (χ0) is 20.3. The Morgan fingerprint density at radius 1 is 1.14 bits per heavy atom. The number of fused-ring (bicyclic) bond motifs is 1. The summed E-state index contributed by atoms with van der Waals surface area (Å²) in [5.41, 5.74) is 1.48. The zero-order valence-electron chi connectivity index (χ0n) is 17.8. The van der Waals surface area contributed by atoms with Gasteiger partial charge in [0.2, 0.25) is 0 Å². The molecule has 1 aliphatic rings. The van der Waals surface area contributed by atoms with Crippen molar-refractivity contribution in [2.24, 2.45) is 11.3 Å². The van der Waals surface area contributed by atoms with E-state index in [4.69, 9.17) is 9.47 Å². The summed E-state index contributed by atoms with van der Waals surface area (Å²) >= 11 is 0. The second-order valence-corrected chi connectivity index (χ2v) is 8.95. The van der Waals surface area contributed by atoms with Gasteiger partial charge in [0, 0.05) is 32.0 Å². The highest BCUT2D eigenvalue weighted by Gasteiger charge is 2.44. The Morgan fingerprint density at radius 3 is 2.72 bits per heavy atom. The van der Waals surface area contributed by atoms with Crippen LogP contribution in [0.1, 0.15) is 32.3 Å². The molecule has 29 heavy (non-hydrogen) atoms. The van der Waals surface area contributed by atoms with Crippen LogP contribution < -0.4 is 0 Å². The largest absolute Gasteiger partial charge is 0.380 e. The molecule has 0 radical (unpaired) electrons. The number of benzene rings is 2. The van der Waals surface area contributed by atoms with Crippen LogP contribution in [0, 0.1) is 11.3 Å². The number of imidazole rings is 1. The molecule has 3 aromatic rings. The maximum absolute atomic E-state index is 6.47. The lowest BCUT2D eigenvalue weighted by atomic mass is 9.68. The minimum absolute atomic E-state index is 0.151. The van der Waals surface area contributed by atoms with E-state index < -0.39 is 0 Å². The predicted octanol–water partition coefficient (Wildman–Crippen LogP) is 5.12. The van der Waals surface area contributed by atoms with Crippen LogP contribution in [0.15, 0.2) is 61.2 Å². The fourth-order valence-electron chi connectivity index (χ4n) is 4.92. The number of hydrogen-bond acceptors (Lipinski definition) is 3. The molecule has 1 heterocycles. The third-order valence-electron chi connectivity index (χ3n) is 6.48. The van der Waals surface area contributed by atoms with Gasteiger partial charge >= 0.3 is 0 Å². The maximum atomic E-state index is 6.47. The molecule has 4 rings (SSSR count). The van der Waals surface area contributed by atoms with Crippen LogP contribution in [-0.2, 0) is 22.4 Å². The summed E-state index contributed by atoms with van der Waals surface area (Å²) in [7, 11) is 1.84. The monoisotopic (exact) mass is 392 g/mol. The number of hydrogen-bond donors (Lipinski definition) is 0. The maximum Gasteiger partial charge on any atom is 0.0946 e. The molecular weight excluding hydrogens is 360 g/mol. The normalized spacial score (nSPS) is 24.0. The van der Waals surface area contributed by atoms with Crippen molar-refractivity contribution in [1.82, 2.24) is 9.55 Å². The van der Waals surface area contributed by atoms with Crippen LogP contribution in [0.4, 0.5) is 0 Å². The third kappa shape index (κ3) is 4.54. The summed E-state index contributed by atoms with van der Waals surface area (Å²) in [5, 5.41) is 2.58. The van der Waals surface area contributed by atoms with E-state index in [0.717, 1.165) is 32.4 Å². The Labute approximate surface area is 173 Å². The van der Waals surface area contributed by atoms with Crippen LogP contribution in [0.2, 0.25) is 0 Å². The molecule has 1 fully saturated rings. The van der Waals surface area contributed by atoms with Gasteiger partial charge in [-0.1, -0.05) is 56.3 Å². The lowest BCUT2D eigenvalue weighted by Crippen LogP contribution is -2.50. The van der Waals surface area contributed by atoms with Gasteiger partial charge in [-0.15, -0.1) is 0 Å². The molecule has 154 valence electrons. The molecule has 3 atom stereocenters. The minimum atomic E-state index is 0.151. The second-order valence-electron chi connectivity index (χ2n) is 8.95. The van der Waals surface area contributed by atoms with Gasteiger partial charge in [0.25, 0.3) is 0 Å². The van der Waals surface area contributed by atoms with Gasteiger partial charge in [-0.25, -0.2) is 4.98 Å². The van der Waals surface area contributed by atoms with E-state index in [2.05, 4.69) is 65.9 Å². The van der Waals surface area contributed by atoms with Crippen molar-refractivity contribution in [3.05, 3.63) is 66.7 Å². The van der Waals surface area contributed by atoms with Crippen LogP contribution in [-0.4, -0.2) is 35.5 Å². The number of ether oxygens (including phenoxy) is 2. The van der Waals surface area contributed by atoms with Crippen molar-refractivity contribution >= 4 is 10.8 Å². The number of aromatic nitrogens is 2. The summed E-state index contributed by atoms with van der Waals surface area (Å²) in [6.45, 7) is 6.24. The molecule has 1 aliphatic carbocycles. The highest BCUT2D eigenvalue weighted by molar-refractivity contribution is 5.82. The topological polar surface area (TPSA) is 36.3 Å². The summed E-state index contributed by atoms with van der Waals surface area (Å²) in [6.07, 6.45) is 9.25. The Bertz CT molecular complexity index is 919. The van der Waals surface area contributed by atoms with Crippen molar-refractivity contribution in [3.63, 3.8) is 0 Å². The first-order valence-corrected chi connectivity index (χ1v) is 10.6. The zero-order valence-corrected chi connectivity index (χ0v) is 17.8. The average Bonchev–Trinajstić information content (AvgIpc) is 3.23. The summed E-state index contributed by atoms with van der Waals surface area (Å²) in [4.78, 5) is 4.21. The molecule has 0 unspecified atom stereocenters. The molecule has 4 heteroatoms. The van der Waals surface area contributed by atoms with Gasteiger partial charge in [0.15, 0.2) is 0 Å². The predicted molar refractivity (Wildman–Crippen MR) is 117 cm³/mol. The third-order valence-corrected chi connectivity index (χ3v) is 6.48. The van der Waals surface area contributed by atoms with Gasteiger partial charge in [-0.05, 0) is 41.0 Å². The van der Waals surface area contributed by atoms with E-state index in [0.29, 0.717) is 5.92 Å². The van der Waals surface area contributed by atoms with Gasteiger partial charge in [-0.3, -0.25) is 0 Å². The smallest absolute Gasteiger partial charge is 0.0946 e. The van der Waals surface area contributed by atoms with Gasteiger partial charge < -0.3 is 14.0 Å². The molecule has 2 aromatic carbocycles. The van der Waals surface area contributed by atoms with Crippen LogP contribution in [0.3, 0.4) is 0 Å². The van der Waals surface area contributed by atoms with E-state index in [-0.39, 0.29) is 17.6 Å². The van der Waals surface area contributed by atoms with Crippen LogP contribution in [0.25, 0.3) is 10.8 Å². The van der Waals surface area contributed by atoms with E-state index in [1.165, 1.54) is 16.3 Å². The van der Waals surface area contributed by atoms with Crippen molar-refractivity contribution in [2.45, 2.75) is 51.9 Å². The molecule has 0 bridgehead atoms. The molecule has 4 nitrogen and oxygen atoms in total. The summed E-state index contributed by atoms with van der Waals surface area (Å²) < 4.78 is 14.6. The molecule has 0 amide bonds. The first-order valence-electron chi connectivity index (χ1n) is 10.6. The van der Waals surface area contributed by atoms with Crippen LogP contribution >= 0.6 is 0 Å². The van der Waals surface area contributed by atoms with E-state index in [1.54, 1.807) is 0 Å². The van der Waals surface area contributed by atoms with E-state index in [9.17, 15) is 0 Å². The number of methoxy groups -OCH3 is 1. The molecule has 1 saturated carbocycles. The number of nitrogens with zero attached hydrogens (tertiary/aromatic N) is 2. The van der Waals surface area contributed by atoms with Crippen molar-refractivity contribution in [2.75, 3.05) is 13.7 Å². The lowest BCUT2D eigenvalue weighted by Gasteiger charge is -2.47. The number of rotatable bonds is 7. The quantitative estimate of drug-likeness (QED) is 0.560. The van der Waals surface area contributed by atoms with Gasteiger partial charge in [0.05, 0.1) is 25.1 Å². The molecule has 0 aliphatic heterocycles. The Morgan fingerprint density at radius 2 is 1.97 bits per heavy atom. The SMILES string of the molecule is CO[C@@H]1[C@H](Cn2ccnc2)[C@H](OCCc2ccc3ccccc3c2)CCC1(C)C. The molecule has 0 spiro atoms. The fraction of sp³-hybridized carbons (Fsp3) is 0.480. The molecular formula is C25H32N2O2. The molecule has 1 aromatic heterocycles. The van der Waals surface area contributed by atoms with Gasteiger partial charge in [-0.2, -0.15) is 0 Å². The van der Waals surface area contributed by atoms with Crippen molar-refractivity contribution in [1.29, 1.82) is 0 Å². The Kier molecular flexibility index (Phi) is 6.02. The Hall–Kier alpha value is -2.17. The first-order chi connectivity index (χ1) is 14.1. The lowest BCUT2D eigenvalue weighted by molar-refractivity contribution is -0.135. The summed E-state index contributed by atoms with van der Waals surface area (Å²) in [6, 6.07) is 15.2. The second kappa shape index (κ2) is 8.68. The fourth-order valence-corrected chi connectivity index (χ4v) is 4.92. The van der Waals surface area contributed by atoms with Crippen molar-refractivity contribution < 1.29 is 9.47 Å². The molecule has 0 saturated heterocycles. The molecule has 0 N–H and O–H groups in total. The highest BCUT2D eigenvalue weighted by atomic mass is 16.5. The minimum Gasteiger partial charge on any atom is -0.380 e. The Balaban J connectivity index is 1.43. The van der Waals surface area contributed by atoms with Gasteiger partial charge in [0.1, 0.15) is 0 Å². The van der Waals surface area contributed by atoms with Crippen molar-refractivity contribution in [3.8, 4) is 0 Å². The van der Waals surface area contributed by atoms with E-state index >= 15 is 0 Å².